The van der Waals surface area contributed by atoms with Crippen molar-refractivity contribution in [2.24, 2.45) is 10.7 Å². The number of guanidine groups is 1. The number of rotatable bonds is 6. The monoisotopic (exact) mass is 471 g/mol. The largest absolute Gasteiger partial charge is 0.493 e. The second-order valence-electron chi connectivity index (χ2n) is 5.70. The minimum atomic E-state index is 0. The van der Waals surface area contributed by atoms with Crippen LogP contribution >= 0.6 is 24.0 Å². The summed E-state index contributed by atoms with van der Waals surface area (Å²) < 4.78 is 16.1. The predicted molar refractivity (Wildman–Crippen MR) is 116 cm³/mol. The number of nitrogens with one attached hydrogen (secondary N) is 1. The van der Waals surface area contributed by atoms with Crippen LogP contribution in [0.3, 0.4) is 0 Å². The van der Waals surface area contributed by atoms with Crippen LogP contribution in [0.15, 0.2) is 35.3 Å². The van der Waals surface area contributed by atoms with E-state index in [-0.39, 0.29) is 24.0 Å². The quantitative estimate of drug-likeness (QED) is 0.380. The highest BCUT2D eigenvalue weighted by molar-refractivity contribution is 14.0. The van der Waals surface area contributed by atoms with E-state index in [2.05, 4.69) is 16.4 Å². The molecule has 3 N–H and O–H groups in total. The van der Waals surface area contributed by atoms with E-state index in [9.17, 15) is 0 Å². The van der Waals surface area contributed by atoms with Crippen LogP contribution in [0.2, 0.25) is 0 Å². The molecule has 0 amide bonds. The van der Waals surface area contributed by atoms with E-state index in [1.807, 2.05) is 38.1 Å². The molecule has 2 aromatic carbocycles. The maximum atomic E-state index is 6.01. The summed E-state index contributed by atoms with van der Waals surface area (Å²) >= 11 is 0. The Bertz CT molecular complexity index is 759. The van der Waals surface area contributed by atoms with Gasteiger partial charge in [0.2, 0.25) is 5.75 Å². The van der Waals surface area contributed by atoms with Gasteiger partial charge in [0.15, 0.2) is 17.5 Å². The number of aliphatic imine (C=N–C) groups is 1. The van der Waals surface area contributed by atoms with Crippen molar-refractivity contribution in [3.8, 4) is 17.2 Å². The fourth-order valence-corrected chi connectivity index (χ4v) is 2.69. The number of nitrogens with two attached hydrogens (primary N) is 1. The highest BCUT2D eigenvalue weighted by Crippen LogP contribution is 2.39. The molecule has 0 aliphatic carbocycles. The van der Waals surface area contributed by atoms with Crippen molar-refractivity contribution in [3.63, 3.8) is 0 Å². The maximum Gasteiger partial charge on any atom is 0.203 e. The third-order valence-corrected chi connectivity index (χ3v) is 3.70. The summed E-state index contributed by atoms with van der Waals surface area (Å²) in [5, 5.41) is 3.11. The smallest absolute Gasteiger partial charge is 0.203 e. The van der Waals surface area contributed by atoms with Crippen LogP contribution in [0.4, 0.5) is 5.69 Å². The van der Waals surface area contributed by atoms with E-state index in [4.69, 9.17) is 19.9 Å². The maximum absolute atomic E-state index is 6.01. The zero-order valence-electron chi connectivity index (χ0n) is 15.8. The molecule has 0 atom stereocenters. The molecular weight excluding hydrogens is 445 g/mol. The van der Waals surface area contributed by atoms with Crippen molar-refractivity contribution < 1.29 is 14.2 Å². The summed E-state index contributed by atoms with van der Waals surface area (Å²) in [6.45, 7) is 4.44. The number of hydrogen-bond donors (Lipinski definition) is 2. The van der Waals surface area contributed by atoms with Gasteiger partial charge in [-0.3, -0.25) is 0 Å². The van der Waals surface area contributed by atoms with E-state index >= 15 is 0 Å². The van der Waals surface area contributed by atoms with Crippen LogP contribution in [0.25, 0.3) is 0 Å². The average molecular weight is 471 g/mol. The van der Waals surface area contributed by atoms with Crippen LogP contribution in [-0.4, -0.2) is 27.3 Å². The molecule has 0 aromatic heterocycles. The molecule has 0 saturated carbocycles. The first-order chi connectivity index (χ1) is 12.0. The van der Waals surface area contributed by atoms with Gasteiger partial charge >= 0.3 is 0 Å². The molecule has 0 radical (unpaired) electrons. The molecule has 0 bridgehead atoms. The van der Waals surface area contributed by atoms with Crippen LogP contribution < -0.4 is 25.3 Å². The first kappa shape index (κ1) is 21.9. The normalized spacial score (nSPS) is 10.7. The van der Waals surface area contributed by atoms with Crippen LogP contribution in [-0.2, 0) is 6.54 Å². The summed E-state index contributed by atoms with van der Waals surface area (Å²) in [5.74, 6) is 2.07. The molecule has 0 unspecified atom stereocenters. The van der Waals surface area contributed by atoms with Crippen molar-refractivity contribution >= 4 is 35.6 Å². The molecular formula is C19H26IN3O3. The summed E-state index contributed by atoms with van der Waals surface area (Å²) in [6.07, 6.45) is 0. The summed E-state index contributed by atoms with van der Waals surface area (Å²) in [5.41, 5.74) is 10.1. The van der Waals surface area contributed by atoms with E-state index in [0.717, 1.165) is 22.4 Å². The Morgan fingerprint density at radius 1 is 0.962 bits per heavy atom. The van der Waals surface area contributed by atoms with E-state index in [0.29, 0.717) is 29.8 Å². The van der Waals surface area contributed by atoms with Gasteiger partial charge < -0.3 is 25.3 Å². The zero-order chi connectivity index (χ0) is 18.4. The lowest BCUT2D eigenvalue weighted by Crippen LogP contribution is -2.22. The van der Waals surface area contributed by atoms with Gasteiger partial charge in [0.05, 0.1) is 27.9 Å². The van der Waals surface area contributed by atoms with Gasteiger partial charge in [0.25, 0.3) is 0 Å². The molecule has 26 heavy (non-hydrogen) atoms. The minimum absolute atomic E-state index is 0. The third kappa shape index (κ3) is 5.42. The average Bonchev–Trinajstić information content (AvgIpc) is 2.57. The van der Waals surface area contributed by atoms with Crippen molar-refractivity contribution in [1.82, 2.24) is 0 Å². The number of ether oxygens (including phenoxy) is 3. The molecule has 6 nitrogen and oxygen atoms in total. The number of nitrogens with zero attached hydrogens (tertiary/aromatic N) is 1. The van der Waals surface area contributed by atoms with E-state index in [1.54, 1.807) is 21.3 Å². The fourth-order valence-electron chi connectivity index (χ4n) is 2.69. The highest BCUT2D eigenvalue weighted by Gasteiger charge is 2.15. The van der Waals surface area contributed by atoms with Gasteiger partial charge in [0.1, 0.15) is 0 Å². The number of anilines is 1. The lowest BCUT2D eigenvalue weighted by atomic mass is 10.1. The topological polar surface area (TPSA) is 78.1 Å². The Hall–Kier alpha value is -2.16. The molecule has 0 aliphatic heterocycles. The standard InChI is InChI=1S/C19H25N3O3.HI/c1-12-8-13(2)10-15(9-12)22-19(20)21-11-14-6-7-16(23-3)18(25-5)17(14)24-4;/h6-10H,11H2,1-5H3,(H3,20,21,22);1H. The van der Waals surface area contributed by atoms with Crippen molar-refractivity contribution in [2.75, 3.05) is 26.6 Å². The highest BCUT2D eigenvalue weighted by atomic mass is 127. The Kier molecular flexibility index (Phi) is 8.50. The van der Waals surface area contributed by atoms with Crippen molar-refractivity contribution in [3.05, 3.63) is 47.0 Å². The molecule has 0 saturated heterocycles. The van der Waals surface area contributed by atoms with Gasteiger partial charge in [-0.25, -0.2) is 4.99 Å². The van der Waals surface area contributed by atoms with Gasteiger partial charge in [-0.1, -0.05) is 6.07 Å². The molecule has 2 rings (SSSR count). The number of aryl methyl sites for hydroxylation is 2. The van der Waals surface area contributed by atoms with Crippen molar-refractivity contribution in [1.29, 1.82) is 0 Å². The van der Waals surface area contributed by atoms with Gasteiger partial charge in [-0.15, -0.1) is 24.0 Å². The molecule has 0 heterocycles. The third-order valence-electron chi connectivity index (χ3n) is 3.70. The molecule has 142 valence electrons. The molecule has 0 spiro atoms. The fraction of sp³-hybridized carbons (Fsp3) is 0.316. The molecule has 0 aliphatic rings. The Morgan fingerprint density at radius 2 is 1.58 bits per heavy atom. The van der Waals surface area contributed by atoms with Gasteiger partial charge in [-0.05, 0) is 49.2 Å². The summed E-state index contributed by atoms with van der Waals surface area (Å²) in [7, 11) is 4.74. The SMILES string of the molecule is COc1ccc(CN=C(N)Nc2cc(C)cc(C)c2)c(OC)c1OC.I. The van der Waals surface area contributed by atoms with Crippen molar-refractivity contribution in [2.45, 2.75) is 20.4 Å². The minimum Gasteiger partial charge on any atom is -0.493 e. The second kappa shape index (κ2) is 10.1. The Labute approximate surface area is 171 Å². The van der Waals surface area contributed by atoms with E-state index < -0.39 is 0 Å². The Morgan fingerprint density at radius 3 is 2.12 bits per heavy atom. The lowest BCUT2D eigenvalue weighted by molar-refractivity contribution is 0.322. The first-order valence-corrected chi connectivity index (χ1v) is 7.91. The van der Waals surface area contributed by atoms with Gasteiger partial charge in [0, 0.05) is 11.3 Å². The first-order valence-electron chi connectivity index (χ1n) is 7.91. The zero-order valence-corrected chi connectivity index (χ0v) is 18.1. The predicted octanol–water partition coefficient (Wildman–Crippen LogP) is 3.87. The summed E-state index contributed by atoms with van der Waals surface area (Å²) in [4.78, 5) is 4.40. The van der Waals surface area contributed by atoms with Crippen LogP contribution in [0.1, 0.15) is 16.7 Å². The summed E-state index contributed by atoms with van der Waals surface area (Å²) in [6, 6.07) is 9.85. The van der Waals surface area contributed by atoms with E-state index in [1.165, 1.54) is 0 Å². The molecule has 0 fully saturated rings. The molecule has 7 heteroatoms. The number of halogens is 1. The molecule has 2 aromatic rings. The Balaban J connectivity index is 0.00000338. The van der Waals surface area contributed by atoms with Gasteiger partial charge in [-0.2, -0.15) is 0 Å². The number of methoxy groups -OCH3 is 3. The number of hydrogen-bond acceptors (Lipinski definition) is 4. The second-order valence-corrected chi connectivity index (χ2v) is 5.70. The van der Waals surface area contributed by atoms with Crippen LogP contribution in [0.5, 0.6) is 17.2 Å². The number of benzene rings is 2. The van der Waals surface area contributed by atoms with Crippen LogP contribution in [0, 0.1) is 13.8 Å². The lowest BCUT2D eigenvalue weighted by Gasteiger charge is -2.15.